The number of hydrogen-bond acceptors (Lipinski definition) is 3. The Bertz CT molecular complexity index is 565. The Kier molecular flexibility index (Phi) is 3.93. The second kappa shape index (κ2) is 5.46. The molecule has 1 amide bonds. The van der Waals surface area contributed by atoms with E-state index in [1.54, 1.807) is 12.1 Å². The van der Waals surface area contributed by atoms with Gasteiger partial charge in [-0.05, 0) is 36.9 Å². The highest BCUT2D eigenvalue weighted by molar-refractivity contribution is 7.20. The van der Waals surface area contributed by atoms with E-state index in [4.69, 9.17) is 5.73 Å². The fraction of sp³-hybridized carbons (Fsp3) is 0.308. The van der Waals surface area contributed by atoms with Crippen molar-refractivity contribution in [1.82, 2.24) is 5.32 Å². The number of fused-ring (bicyclic) bond motifs is 1. The molecule has 3 nitrogen and oxygen atoms in total. The molecule has 0 aliphatic rings. The third kappa shape index (κ3) is 3.05. The van der Waals surface area contributed by atoms with Crippen LogP contribution in [0.2, 0.25) is 0 Å². The number of amides is 1. The normalized spacial score (nSPS) is 12.6. The quantitative estimate of drug-likeness (QED) is 0.893. The summed E-state index contributed by atoms with van der Waals surface area (Å²) in [5.74, 6) is -0.412. The molecule has 2 rings (SSSR count). The monoisotopic (exact) mass is 266 g/mol. The lowest BCUT2D eigenvalue weighted by atomic mass is 10.2. The molecule has 2 aromatic rings. The highest BCUT2D eigenvalue weighted by Gasteiger charge is 2.10. The van der Waals surface area contributed by atoms with E-state index in [9.17, 15) is 9.18 Å². The van der Waals surface area contributed by atoms with Crippen LogP contribution in [0.1, 0.15) is 23.0 Å². The third-order valence-electron chi connectivity index (χ3n) is 2.59. The molecule has 0 radical (unpaired) electrons. The predicted molar refractivity (Wildman–Crippen MR) is 72.4 cm³/mol. The van der Waals surface area contributed by atoms with Crippen LogP contribution in [0.4, 0.5) is 4.39 Å². The van der Waals surface area contributed by atoms with E-state index in [1.165, 1.54) is 23.5 Å². The molecule has 1 unspecified atom stereocenters. The first kappa shape index (κ1) is 13.0. The number of rotatable bonds is 4. The van der Waals surface area contributed by atoms with Crippen LogP contribution in [-0.4, -0.2) is 18.5 Å². The maximum absolute atomic E-state index is 13.0. The van der Waals surface area contributed by atoms with Gasteiger partial charge >= 0.3 is 0 Å². The fourth-order valence-corrected chi connectivity index (χ4v) is 2.62. The Balaban J connectivity index is 2.08. The molecular weight excluding hydrogens is 251 g/mol. The largest absolute Gasteiger partial charge is 0.351 e. The summed E-state index contributed by atoms with van der Waals surface area (Å²) < 4.78 is 13.8. The third-order valence-corrected chi connectivity index (χ3v) is 3.69. The van der Waals surface area contributed by atoms with Crippen molar-refractivity contribution in [2.45, 2.75) is 19.4 Å². The van der Waals surface area contributed by atoms with Crippen molar-refractivity contribution in [3.8, 4) is 0 Å². The van der Waals surface area contributed by atoms with E-state index in [0.29, 0.717) is 11.4 Å². The first-order valence-corrected chi connectivity index (χ1v) is 6.61. The van der Waals surface area contributed by atoms with Gasteiger partial charge in [-0.15, -0.1) is 11.3 Å². The van der Waals surface area contributed by atoms with Gasteiger partial charge in [0.15, 0.2) is 0 Å². The zero-order valence-electron chi connectivity index (χ0n) is 10.1. The minimum Gasteiger partial charge on any atom is -0.351 e. The van der Waals surface area contributed by atoms with Gasteiger partial charge in [-0.1, -0.05) is 6.07 Å². The lowest BCUT2D eigenvalue weighted by Gasteiger charge is -2.05. The summed E-state index contributed by atoms with van der Waals surface area (Å²) in [6.07, 6.45) is 0.741. The van der Waals surface area contributed by atoms with Crippen LogP contribution >= 0.6 is 11.3 Å². The molecule has 5 heteroatoms. The first-order valence-electron chi connectivity index (χ1n) is 5.79. The van der Waals surface area contributed by atoms with Crippen molar-refractivity contribution in [3.05, 3.63) is 35.0 Å². The van der Waals surface area contributed by atoms with E-state index in [2.05, 4.69) is 5.32 Å². The molecule has 1 atom stereocenters. The smallest absolute Gasteiger partial charge is 0.261 e. The minimum absolute atomic E-state index is 0.0711. The summed E-state index contributed by atoms with van der Waals surface area (Å²) in [5.41, 5.74) is 5.60. The van der Waals surface area contributed by atoms with Crippen molar-refractivity contribution in [2.24, 2.45) is 5.73 Å². The summed E-state index contributed by atoms with van der Waals surface area (Å²) in [6, 6.07) is 6.37. The number of carbonyl (C=O) groups excluding carboxylic acids is 1. The molecule has 3 N–H and O–H groups in total. The molecule has 0 fully saturated rings. The van der Waals surface area contributed by atoms with Crippen LogP contribution in [0.25, 0.3) is 10.1 Å². The molecule has 96 valence electrons. The van der Waals surface area contributed by atoms with Crippen LogP contribution in [0.15, 0.2) is 24.3 Å². The van der Waals surface area contributed by atoms with Gasteiger partial charge in [-0.2, -0.15) is 0 Å². The first-order chi connectivity index (χ1) is 8.56. The van der Waals surface area contributed by atoms with Crippen LogP contribution in [0.5, 0.6) is 0 Å². The predicted octanol–water partition coefficient (Wildman–Crippen LogP) is 2.51. The van der Waals surface area contributed by atoms with Gasteiger partial charge in [0.2, 0.25) is 0 Å². The van der Waals surface area contributed by atoms with Gasteiger partial charge in [0.1, 0.15) is 5.82 Å². The number of nitrogens with one attached hydrogen (secondary N) is 1. The molecule has 0 saturated heterocycles. The zero-order chi connectivity index (χ0) is 13.1. The second-order valence-electron chi connectivity index (χ2n) is 4.31. The SMILES string of the molecule is CC(N)CCNC(=O)c1cc2ccc(F)cc2s1. The Hall–Kier alpha value is -1.46. The average Bonchev–Trinajstić information content (AvgIpc) is 2.71. The summed E-state index contributed by atoms with van der Waals surface area (Å²) in [5, 5.41) is 3.69. The summed E-state index contributed by atoms with van der Waals surface area (Å²) in [6.45, 7) is 2.45. The highest BCUT2D eigenvalue weighted by Crippen LogP contribution is 2.26. The molecule has 0 spiro atoms. The summed E-state index contributed by atoms with van der Waals surface area (Å²) in [4.78, 5) is 12.4. The lowest BCUT2D eigenvalue weighted by Crippen LogP contribution is -2.28. The molecule has 1 aromatic heterocycles. The standard InChI is InChI=1S/C13H15FN2OS/c1-8(15)4-5-16-13(17)12-6-9-2-3-10(14)7-11(9)18-12/h2-3,6-8H,4-5,15H2,1H3,(H,16,17). The molecular formula is C13H15FN2OS. The molecule has 1 aromatic carbocycles. The van der Waals surface area contributed by atoms with Crippen molar-refractivity contribution < 1.29 is 9.18 Å². The van der Waals surface area contributed by atoms with Crippen molar-refractivity contribution in [2.75, 3.05) is 6.54 Å². The van der Waals surface area contributed by atoms with E-state index < -0.39 is 0 Å². The van der Waals surface area contributed by atoms with E-state index in [-0.39, 0.29) is 17.8 Å². The number of nitrogens with two attached hydrogens (primary N) is 1. The second-order valence-corrected chi connectivity index (χ2v) is 5.40. The molecule has 1 heterocycles. The van der Waals surface area contributed by atoms with Gasteiger partial charge in [-0.3, -0.25) is 4.79 Å². The summed E-state index contributed by atoms with van der Waals surface area (Å²) >= 11 is 1.30. The van der Waals surface area contributed by atoms with Crippen LogP contribution < -0.4 is 11.1 Å². The highest BCUT2D eigenvalue weighted by atomic mass is 32.1. The van der Waals surface area contributed by atoms with E-state index in [1.807, 2.05) is 6.92 Å². The average molecular weight is 266 g/mol. The Labute approximate surface area is 109 Å². The van der Waals surface area contributed by atoms with Crippen molar-refractivity contribution in [3.63, 3.8) is 0 Å². The van der Waals surface area contributed by atoms with Gasteiger partial charge in [0, 0.05) is 17.3 Å². The van der Waals surface area contributed by atoms with Crippen molar-refractivity contribution in [1.29, 1.82) is 0 Å². The van der Waals surface area contributed by atoms with Gasteiger partial charge in [-0.25, -0.2) is 4.39 Å². The lowest BCUT2D eigenvalue weighted by molar-refractivity contribution is 0.0957. The number of benzene rings is 1. The minimum atomic E-state index is -0.284. The number of hydrogen-bond donors (Lipinski definition) is 2. The van der Waals surface area contributed by atoms with Gasteiger partial charge in [0.25, 0.3) is 5.91 Å². The zero-order valence-corrected chi connectivity index (χ0v) is 10.9. The fourth-order valence-electron chi connectivity index (χ4n) is 1.62. The number of halogens is 1. The summed E-state index contributed by atoms with van der Waals surface area (Å²) in [7, 11) is 0. The number of carbonyl (C=O) groups is 1. The topological polar surface area (TPSA) is 55.1 Å². The molecule has 0 saturated carbocycles. The molecule has 0 aliphatic heterocycles. The van der Waals surface area contributed by atoms with Crippen LogP contribution in [0.3, 0.4) is 0 Å². The van der Waals surface area contributed by atoms with E-state index in [0.717, 1.165) is 16.5 Å². The maximum Gasteiger partial charge on any atom is 0.261 e. The van der Waals surface area contributed by atoms with Gasteiger partial charge in [0.05, 0.1) is 4.88 Å². The number of thiophene rings is 1. The van der Waals surface area contributed by atoms with Crippen LogP contribution in [-0.2, 0) is 0 Å². The molecule has 0 aliphatic carbocycles. The molecule has 0 bridgehead atoms. The van der Waals surface area contributed by atoms with Crippen LogP contribution in [0, 0.1) is 5.82 Å². The molecule has 18 heavy (non-hydrogen) atoms. The van der Waals surface area contributed by atoms with Crippen molar-refractivity contribution >= 4 is 27.3 Å². The maximum atomic E-state index is 13.0. The Morgan fingerprint density at radius 2 is 2.28 bits per heavy atom. The Morgan fingerprint density at radius 1 is 1.50 bits per heavy atom. The Morgan fingerprint density at radius 3 is 3.00 bits per heavy atom. The van der Waals surface area contributed by atoms with Gasteiger partial charge < -0.3 is 11.1 Å². The van der Waals surface area contributed by atoms with E-state index >= 15 is 0 Å².